The van der Waals surface area contributed by atoms with Crippen molar-refractivity contribution in [3.63, 3.8) is 0 Å². The average Bonchev–Trinajstić information content (AvgIpc) is 3.25. The fourth-order valence-electron chi connectivity index (χ4n) is 7.15. The maximum atomic E-state index is 13.9. The van der Waals surface area contributed by atoms with Gasteiger partial charge >= 0.3 is 19.5 Å². The maximum absolute atomic E-state index is 13.9. The Bertz CT molecular complexity index is 1610. The first-order chi connectivity index (χ1) is 22.5. The number of hydrogen-bond donors (Lipinski definition) is 2. The lowest BCUT2D eigenvalue weighted by Crippen LogP contribution is -2.46. The van der Waals surface area contributed by atoms with Crippen LogP contribution in [0.2, 0.25) is 11.3 Å². The minimum Gasteiger partial charge on any atom is -0.508 e. The highest BCUT2D eigenvalue weighted by Gasteiger charge is 2.58. The van der Waals surface area contributed by atoms with Crippen LogP contribution in [0.3, 0.4) is 0 Å². The fourth-order valence-corrected chi connectivity index (χ4v) is 7.38. The molecule has 0 radical (unpaired) electrons. The Kier molecular flexibility index (Phi) is 10.4. The lowest BCUT2D eigenvalue weighted by atomic mass is 9.58. The van der Waals surface area contributed by atoms with Gasteiger partial charge in [0.25, 0.3) is 0 Å². The number of hydrogen-bond acceptors (Lipinski definition) is 6. The number of imide groups is 1. The molecule has 0 unspecified atom stereocenters. The summed E-state index contributed by atoms with van der Waals surface area (Å²) in [6.07, 6.45) is -6.96. The highest BCUT2D eigenvalue weighted by molar-refractivity contribution is 6.43. The number of carbonyl (C=O) groups is 2. The number of phenols is 1. The van der Waals surface area contributed by atoms with E-state index in [1.807, 2.05) is 13.0 Å². The third-order valence-electron chi connectivity index (χ3n) is 9.10. The highest BCUT2D eigenvalue weighted by Crippen LogP contribution is 2.52. The number of rotatable bonds is 9. The lowest BCUT2D eigenvalue weighted by Gasteiger charge is -2.43. The minimum absolute atomic E-state index is 0.0189. The smallest absolute Gasteiger partial charge is 0.455 e. The molecule has 2 aromatic rings. The number of allylic oxidation sites excluding steroid dienone is 1. The number of halogens is 7. The summed E-state index contributed by atoms with van der Waals surface area (Å²) in [5.41, 5.74) is -1.14. The molecule has 48 heavy (non-hydrogen) atoms. The Labute approximate surface area is 278 Å². The van der Waals surface area contributed by atoms with Crippen LogP contribution < -0.4 is 4.90 Å². The summed E-state index contributed by atoms with van der Waals surface area (Å²) in [6.45, 7) is 2.04. The average molecular weight is 700 g/mol. The number of benzene rings is 2. The number of fused-ring (bicyclic) bond motifs is 3. The maximum Gasteiger partial charge on any atom is 0.455 e. The van der Waals surface area contributed by atoms with Gasteiger partial charge in [-0.05, 0) is 91.0 Å². The quantitative estimate of drug-likeness (QED) is 0.121. The van der Waals surface area contributed by atoms with Crippen molar-refractivity contribution in [3.8, 4) is 5.75 Å². The molecule has 4 atom stereocenters. The molecule has 2 heterocycles. The summed E-state index contributed by atoms with van der Waals surface area (Å²) in [5, 5.41) is 20.9. The molecule has 7 nitrogen and oxygen atoms in total. The molecule has 5 rings (SSSR count). The van der Waals surface area contributed by atoms with Gasteiger partial charge in [0.2, 0.25) is 11.8 Å². The molecule has 15 heteroatoms. The van der Waals surface area contributed by atoms with Gasteiger partial charge in [0.15, 0.2) is 0 Å². The molecular formula is C33H33BClF6NO6. The number of aromatic hydroxyl groups is 1. The van der Waals surface area contributed by atoms with Crippen LogP contribution in [0.1, 0.15) is 55.7 Å². The van der Waals surface area contributed by atoms with E-state index in [0.717, 1.165) is 12.0 Å². The van der Waals surface area contributed by atoms with Crippen molar-refractivity contribution in [2.24, 2.45) is 17.8 Å². The summed E-state index contributed by atoms with van der Waals surface area (Å²) in [5.74, 6) is -4.83. The van der Waals surface area contributed by atoms with E-state index in [0.29, 0.717) is 58.0 Å². The van der Waals surface area contributed by atoms with Crippen LogP contribution in [0.5, 0.6) is 5.75 Å². The first-order valence-corrected chi connectivity index (χ1v) is 15.8. The second-order valence-corrected chi connectivity index (χ2v) is 12.7. The van der Waals surface area contributed by atoms with Gasteiger partial charge in [-0.25, -0.2) is 4.90 Å². The standard InChI is InChI=1S/C33H33BClF6NO6/c1-3-4-17(9-18-6-7-23(43)14-26(18)35)5-8-27-28-19(16-47-2)10-24-29(25(28)15-34(46)48-27)31(45)42(30(24)44)22-12-20(32(36,37)38)11-21(13-22)33(39,40)41/h6-7,9,11-14,24-25,27,29,43,46H,3-5,8,10,15-16H2,1-2H3/b17-9+/t24-,25+,27-,29-/m1/s1. The van der Waals surface area contributed by atoms with Gasteiger partial charge in [0.05, 0.1) is 46.4 Å². The van der Waals surface area contributed by atoms with Crippen LogP contribution in [0.4, 0.5) is 32.0 Å². The van der Waals surface area contributed by atoms with Gasteiger partial charge in [-0.2, -0.15) is 26.3 Å². The molecule has 2 fully saturated rings. The normalized spacial score (nSPS) is 23.6. The van der Waals surface area contributed by atoms with Crippen molar-refractivity contribution in [1.29, 1.82) is 0 Å². The number of amides is 2. The van der Waals surface area contributed by atoms with Gasteiger partial charge in [-0.1, -0.05) is 36.6 Å². The second-order valence-electron chi connectivity index (χ2n) is 12.3. The topological polar surface area (TPSA) is 96.3 Å². The zero-order valence-corrected chi connectivity index (χ0v) is 26.8. The molecule has 0 spiro atoms. The second kappa shape index (κ2) is 13.9. The van der Waals surface area contributed by atoms with Gasteiger partial charge in [0, 0.05) is 7.11 Å². The van der Waals surface area contributed by atoms with Crippen LogP contribution in [0.15, 0.2) is 53.1 Å². The molecule has 2 saturated heterocycles. The number of anilines is 1. The molecule has 2 aromatic carbocycles. The van der Waals surface area contributed by atoms with Crippen LogP contribution in [-0.4, -0.2) is 48.9 Å². The van der Waals surface area contributed by atoms with E-state index >= 15 is 0 Å². The van der Waals surface area contributed by atoms with Gasteiger partial charge < -0.3 is 19.5 Å². The first-order valence-electron chi connectivity index (χ1n) is 15.4. The van der Waals surface area contributed by atoms with E-state index in [1.165, 1.54) is 19.2 Å². The van der Waals surface area contributed by atoms with Crippen molar-refractivity contribution in [3.05, 3.63) is 74.8 Å². The predicted molar refractivity (Wildman–Crippen MR) is 166 cm³/mol. The summed E-state index contributed by atoms with van der Waals surface area (Å²) >= 11 is 6.32. The Morgan fingerprint density at radius 1 is 1.04 bits per heavy atom. The molecule has 258 valence electrons. The van der Waals surface area contributed by atoms with Crippen molar-refractivity contribution in [2.45, 2.75) is 63.8 Å². The van der Waals surface area contributed by atoms with E-state index < -0.39 is 72.0 Å². The number of alkyl halides is 6. The molecule has 1 aliphatic carbocycles. The summed E-state index contributed by atoms with van der Waals surface area (Å²) in [6, 6.07) is 5.30. The Balaban J connectivity index is 1.49. The van der Waals surface area contributed by atoms with Crippen LogP contribution in [-0.2, 0) is 31.3 Å². The van der Waals surface area contributed by atoms with Crippen molar-refractivity contribution in [2.75, 3.05) is 18.6 Å². The monoisotopic (exact) mass is 699 g/mol. The summed E-state index contributed by atoms with van der Waals surface area (Å²) in [4.78, 5) is 28.1. The van der Waals surface area contributed by atoms with Crippen molar-refractivity contribution < 1.29 is 55.5 Å². The number of ether oxygens (including phenoxy) is 1. The van der Waals surface area contributed by atoms with Gasteiger partial charge in [-0.3, -0.25) is 9.59 Å². The third kappa shape index (κ3) is 7.31. The van der Waals surface area contributed by atoms with Crippen molar-refractivity contribution >= 4 is 42.3 Å². The predicted octanol–water partition coefficient (Wildman–Crippen LogP) is 7.69. The zero-order chi connectivity index (χ0) is 35.1. The number of carbonyl (C=O) groups excluding carboxylic acids is 2. The van der Waals surface area contributed by atoms with Crippen LogP contribution >= 0.6 is 11.6 Å². The molecule has 2 amide bonds. The van der Waals surface area contributed by atoms with E-state index in [-0.39, 0.29) is 31.2 Å². The van der Waals surface area contributed by atoms with Gasteiger partial charge in [0.1, 0.15) is 5.75 Å². The summed E-state index contributed by atoms with van der Waals surface area (Å²) < 4.78 is 93.3. The lowest BCUT2D eigenvalue weighted by molar-refractivity contribution is -0.143. The molecule has 0 aromatic heterocycles. The number of methoxy groups -OCH3 is 1. The third-order valence-corrected chi connectivity index (χ3v) is 9.43. The van der Waals surface area contributed by atoms with Gasteiger partial charge in [-0.15, -0.1) is 0 Å². The van der Waals surface area contributed by atoms with E-state index in [9.17, 15) is 46.1 Å². The number of nitrogens with zero attached hydrogens (tertiary/aromatic N) is 1. The molecule has 3 aliphatic rings. The van der Waals surface area contributed by atoms with Crippen LogP contribution in [0.25, 0.3) is 6.08 Å². The highest BCUT2D eigenvalue weighted by atomic mass is 35.5. The van der Waals surface area contributed by atoms with E-state index in [1.54, 1.807) is 6.07 Å². The molecular weight excluding hydrogens is 667 g/mol. The Hall–Kier alpha value is -3.33. The first kappa shape index (κ1) is 36.0. The molecule has 2 N–H and O–H groups in total. The molecule has 0 bridgehead atoms. The largest absolute Gasteiger partial charge is 0.508 e. The SMILES string of the molecule is CCC/C(=C\c1ccc(O)cc1Cl)CC[C@H]1OB(O)C[C@H]2C1=C(COC)C[C@H]1C(=O)N(c3cc(C(F)(F)F)cc(C(F)(F)F)c3)C(=O)[C@H]12. The van der Waals surface area contributed by atoms with E-state index in [2.05, 4.69) is 0 Å². The van der Waals surface area contributed by atoms with E-state index in [4.69, 9.17) is 21.0 Å². The Morgan fingerprint density at radius 3 is 2.29 bits per heavy atom. The Morgan fingerprint density at radius 2 is 1.71 bits per heavy atom. The molecule has 0 saturated carbocycles. The summed E-state index contributed by atoms with van der Waals surface area (Å²) in [7, 11) is 0.0831. The fraction of sp³-hybridized carbons (Fsp3) is 0.455. The number of phenolic OH excluding ortho intramolecular Hbond substituents is 1. The molecule has 2 aliphatic heterocycles. The minimum atomic E-state index is -5.17. The van der Waals surface area contributed by atoms with Crippen LogP contribution in [0, 0.1) is 17.8 Å². The van der Waals surface area contributed by atoms with Crippen molar-refractivity contribution in [1.82, 2.24) is 0 Å². The zero-order valence-electron chi connectivity index (χ0n) is 26.0.